The predicted molar refractivity (Wildman–Crippen MR) is 94.6 cm³/mol. The van der Waals surface area contributed by atoms with Gasteiger partial charge in [-0.3, -0.25) is 4.90 Å². The molecule has 1 aromatic heterocycles. The summed E-state index contributed by atoms with van der Waals surface area (Å²) in [5.41, 5.74) is 1.85. The van der Waals surface area contributed by atoms with E-state index in [-0.39, 0.29) is 5.82 Å². The Balaban J connectivity index is 1.51. The first-order valence-electron chi connectivity index (χ1n) is 8.19. The topological polar surface area (TPSA) is 65.5 Å². The van der Waals surface area contributed by atoms with E-state index >= 15 is 0 Å². The van der Waals surface area contributed by atoms with E-state index in [0.717, 1.165) is 49.1 Å². The van der Waals surface area contributed by atoms with Gasteiger partial charge in [-0.1, -0.05) is 12.1 Å². The molecular weight excluding hydrogens is 321 g/mol. The van der Waals surface area contributed by atoms with Crippen LogP contribution in [0.4, 0.5) is 10.2 Å². The molecule has 1 atom stereocenters. The molecule has 1 saturated heterocycles. The second-order valence-corrected chi connectivity index (χ2v) is 6.14. The average Bonchev–Trinajstić information content (AvgIpc) is 3.03. The van der Waals surface area contributed by atoms with Crippen LogP contribution in [0.25, 0.3) is 6.08 Å². The molecule has 2 N–H and O–H groups in total. The van der Waals surface area contributed by atoms with Gasteiger partial charge in [0.2, 0.25) is 0 Å². The molecule has 0 bridgehead atoms. The first kappa shape index (κ1) is 17.1. The van der Waals surface area contributed by atoms with Crippen molar-refractivity contribution in [1.29, 1.82) is 0 Å². The zero-order valence-electron chi connectivity index (χ0n) is 13.7. The van der Waals surface area contributed by atoms with Gasteiger partial charge in [-0.25, -0.2) is 14.2 Å². The lowest BCUT2D eigenvalue weighted by molar-refractivity contribution is -0.131. The molecule has 5 nitrogen and oxygen atoms in total. The molecule has 6 heteroatoms. The summed E-state index contributed by atoms with van der Waals surface area (Å²) in [5.74, 6) is -0.409. The van der Waals surface area contributed by atoms with Crippen LogP contribution >= 0.6 is 0 Å². The number of likely N-dealkylation sites (tertiary alicyclic amines) is 1. The third-order valence-corrected chi connectivity index (χ3v) is 4.15. The highest BCUT2D eigenvalue weighted by molar-refractivity contribution is 5.85. The number of hydrogen-bond donors (Lipinski definition) is 2. The van der Waals surface area contributed by atoms with Gasteiger partial charge in [0, 0.05) is 37.9 Å². The highest BCUT2D eigenvalue weighted by atomic mass is 19.1. The largest absolute Gasteiger partial charge is 0.478 e. The summed E-state index contributed by atoms with van der Waals surface area (Å²) < 4.78 is 13.0. The number of hydrogen-bond acceptors (Lipinski definition) is 4. The smallest absolute Gasteiger partial charge is 0.328 e. The third-order valence-electron chi connectivity index (χ3n) is 4.15. The molecule has 2 aromatic rings. The molecule has 1 aromatic carbocycles. The SMILES string of the molecule is O=C(O)C=Cc1ccc(N[C@@H]2CCN(Cc3ccc(F)cc3)C2)nc1. The van der Waals surface area contributed by atoms with Crippen molar-refractivity contribution in [2.45, 2.75) is 19.0 Å². The number of carboxylic acid groups (broad SMARTS) is 1. The Bertz CT molecular complexity index is 744. The molecule has 130 valence electrons. The van der Waals surface area contributed by atoms with Crippen molar-refractivity contribution in [1.82, 2.24) is 9.88 Å². The standard InChI is InChI=1S/C19H20FN3O2/c20-16-5-1-15(2-6-16)12-23-10-9-17(13-23)22-18-7-3-14(11-21-18)4-8-19(24)25/h1-8,11,17H,9-10,12-13H2,(H,21,22)(H,24,25)/t17-/m1/s1. The first-order chi connectivity index (χ1) is 12.1. The van der Waals surface area contributed by atoms with Crippen LogP contribution in [0.5, 0.6) is 0 Å². The van der Waals surface area contributed by atoms with Gasteiger partial charge in [-0.2, -0.15) is 0 Å². The Morgan fingerprint density at radius 2 is 2.12 bits per heavy atom. The van der Waals surface area contributed by atoms with Gasteiger partial charge in [-0.15, -0.1) is 0 Å². The number of anilines is 1. The summed E-state index contributed by atoms with van der Waals surface area (Å²) in [6.45, 7) is 2.69. The predicted octanol–water partition coefficient (Wildman–Crippen LogP) is 3.00. The summed E-state index contributed by atoms with van der Waals surface area (Å²) in [6.07, 6.45) is 5.27. The normalized spacial score (nSPS) is 17.9. The van der Waals surface area contributed by atoms with Gasteiger partial charge in [0.15, 0.2) is 0 Å². The van der Waals surface area contributed by atoms with Crippen LogP contribution in [0.2, 0.25) is 0 Å². The van der Waals surface area contributed by atoms with Gasteiger partial charge in [0.25, 0.3) is 0 Å². The van der Waals surface area contributed by atoms with Crippen molar-refractivity contribution in [3.63, 3.8) is 0 Å². The fourth-order valence-electron chi connectivity index (χ4n) is 2.91. The van der Waals surface area contributed by atoms with Gasteiger partial charge >= 0.3 is 5.97 Å². The van der Waals surface area contributed by atoms with E-state index < -0.39 is 5.97 Å². The van der Waals surface area contributed by atoms with Crippen LogP contribution in [0.15, 0.2) is 48.7 Å². The van der Waals surface area contributed by atoms with E-state index in [1.54, 1.807) is 6.20 Å². The van der Waals surface area contributed by atoms with Crippen LogP contribution in [0, 0.1) is 5.82 Å². The van der Waals surface area contributed by atoms with Crippen LogP contribution in [-0.2, 0) is 11.3 Å². The molecule has 0 unspecified atom stereocenters. The van der Waals surface area contributed by atoms with E-state index in [1.165, 1.54) is 18.2 Å². The van der Waals surface area contributed by atoms with Crippen molar-refractivity contribution in [3.05, 3.63) is 65.6 Å². The lowest BCUT2D eigenvalue weighted by atomic mass is 10.2. The van der Waals surface area contributed by atoms with Crippen molar-refractivity contribution in [2.75, 3.05) is 18.4 Å². The second-order valence-electron chi connectivity index (χ2n) is 6.14. The zero-order valence-corrected chi connectivity index (χ0v) is 13.7. The summed E-state index contributed by atoms with van der Waals surface area (Å²) in [4.78, 5) is 17.2. The number of rotatable bonds is 6. The van der Waals surface area contributed by atoms with Crippen LogP contribution in [-0.4, -0.2) is 40.1 Å². The summed E-state index contributed by atoms with van der Waals surface area (Å²) >= 11 is 0. The fraction of sp³-hybridized carbons (Fsp3) is 0.263. The van der Waals surface area contributed by atoms with Crippen molar-refractivity contribution < 1.29 is 14.3 Å². The van der Waals surface area contributed by atoms with E-state index in [2.05, 4.69) is 15.2 Å². The number of carboxylic acids is 1. The van der Waals surface area contributed by atoms with E-state index in [1.807, 2.05) is 24.3 Å². The van der Waals surface area contributed by atoms with Gasteiger partial charge in [-0.05, 0) is 47.9 Å². The Morgan fingerprint density at radius 1 is 1.32 bits per heavy atom. The summed E-state index contributed by atoms with van der Waals surface area (Å²) in [5, 5.41) is 12.0. The Kier molecular flexibility index (Phi) is 5.40. The van der Waals surface area contributed by atoms with Crippen LogP contribution in [0.3, 0.4) is 0 Å². The molecule has 0 spiro atoms. The lowest BCUT2D eigenvalue weighted by Gasteiger charge is -2.17. The van der Waals surface area contributed by atoms with E-state index in [9.17, 15) is 9.18 Å². The van der Waals surface area contributed by atoms with Gasteiger partial charge in [0.1, 0.15) is 11.6 Å². The molecule has 0 saturated carbocycles. The fourth-order valence-corrected chi connectivity index (χ4v) is 2.91. The highest BCUT2D eigenvalue weighted by Crippen LogP contribution is 2.17. The molecule has 25 heavy (non-hydrogen) atoms. The van der Waals surface area contributed by atoms with Crippen LogP contribution < -0.4 is 5.32 Å². The summed E-state index contributed by atoms with van der Waals surface area (Å²) in [7, 11) is 0. The highest BCUT2D eigenvalue weighted by Gasteiger charge is 2.22. The molecule has 0 aliphatic carbocycles. The maximum atomic E-state index is 13.0. The maximum absolute atomic E-state index is 13.0. The molecule has 0 radical (unpaired) electrons. The Morgan fingerprint density at radius 3 is 2.80 bits per heavy atom. The van der Waals surface area contributed by atoms with Crippen molar-refractivity contribution >= 4 is 17.9 Å². The molecule has 3 rings (SSSR count). The minimum Gasteiger partial charge on any atom is -0.478 e. The average molecular weight is 341 g/mol. The number of benzene rings is 1. The third kappa shape index (κ3) is 5.12. The minimum atomic E-state index is -0.977. The number of aromatic nitrogens is 1. The minimum absolute atomic E-state index is 0.211. The second kappa shape index (κ2) is 7.90. The van der Waals surface area contributed by atoms with Crippen molar-refractivity contribution in [3.8, 4) is 0 Å². The molecule has 1 fully saturated rings. The monoisotopic (exact) mass is 341 g/mol. The number of nitrogens with one attached hydrogen (secondary N) is 1. The maximum Gasteiger partial charge on any atom is 0.328 e. The Labute approximate surface area is 145 Å². The number of aliphatic carboxylic acids is 1. The Hall–Kier alpha value is -2.73. The molecule has 0 amide bonds. The quantitative estimate of drug-likeness (QED) is 0.791. The lowest BCUT2D eigenvalue weighted by Crippen LogP contribution is -2.26. The molecule has 1 aliphatic rings. The van der Waals surface area contributed by atoms with Crippen molar-refractivity contribution in [2.24, 2.45) is 0 Å². The number of halogens is 1. The van der Waals surface area contributed by atoms with Gasteiger partial charge < -0.3 is 10.4 Å². The van der Waals surface area contributed by atoms with Crippen LogP contribution in [0.1, 0.15) is 17.5 Å². The molecule has 1 aliphatic heterocycles. The summed E-state index contributed by atoms with van der Waals surface area (Å²) in [6, 6.07) is 10.6. The number of nitrogens with zero attached hydrogens (tertiary/aromatic N) is 2. The number of carbonyl (C=O) groups is 1. The van der Waals surface area contributed by atoms with Gasteiger partial charge in [0.05, 0.1) is 0 Å². The molecule has 2 heterocycles. The zero-order chi connectivity index (χ0) is 17.6. The number of pyridine rings is 1. The van der Waals surface area contributed by atoms with E-state index in [4.69, 9.17) is 5.11 Å². The van der Waals surface area contributed by atoms with E-state index in [0.29, 0.717) is 6.04 Å². The first-order valence-corrected chi connectivity index (χ1v) is 8.19. The molecular formula is C19H20FN3O2.